The molecule has 0 spiro atoms. The minimum absolute atomic E-state index is 0.332. The molecule has 0 fully saturated rings. The molecule has 0 saturated carbocycles. The number of fused-ring (bicyclic) bond motifs is 2. The molecule has 188 valence electrons. The second-order valence-corrected chi connectivity index (χ2v) is 10.6. The monoisotopic (exact) mass is 513 g/mol. The first-order valence-corrected chi connectivity index (χ1v) is 13.7. The van der Waals surface area contributed by atoms with Crippen LogP contribution in [0.5, 0.6) is 5.75 Å². The van der Waals surface area contributed by atoms with E-state index in [2.05, 4.69) is 5.32 Å². The van der Waals surface area contributed by atoms with Gasteiger partial charge in [0, 0.05) is 41.2 Å². The molecule has 2 heterocycles. The molecule has 0 atom stereocenters. The van der Waals surface area contributed by atoms with Crippen LogP contribution in [0.15, 0.2) is 78.2 Å². The summed E-state index contributed by atoms with van der Waals surface area (Å²) in [5.74, 6) is 1.78. The number of para-hydroxylation sites is 2. The summed E-state index contributed by atoms with van der Waals surface area (Å²) in [6.45, 7) is 0.804. The van der Waals surface area contributed by atoms with Crippen LogP contribution in [0, 0.1) is 0 Å². The van der Waals surface area contributed by atoms with Gasteiger partial charge in [-0.25, -0.2) is 13.4 Å². The summed E-state index contributed by atoms with van der Waals surface area (Å²) in [7, 11) is -1.58. The van der Waals surface area contributed by atoms with Gasteiger partial charge in [-0.2, -0.15) is 4.98 Å². The number of nitrogens with one attached hydrogen (secondary N) is 1. The van der Waals surface area contributed by atoms with Gasteiger partial charge in [0.05, 0.1) is 12.6 Å². The van der Waals surface area contributed by atoms with Crippen LogP contribution in [-0.4, -0.2) is 36.3 Å². The van der Waals surface area contributed by atoms with E-state index in [1.165, 1.54) is 11.7 Å². The van der Waals surface area contributed by atoms with Crippen LogP contribution in [0.3, 0.4) is 0 Å². The van der Waals surface area contributed by atoms with Gasteiger partial charge in [0.15, 0.2) is 9.84 Å². The van der Waals surface area contributed by atoms with E-state index in [0.29, 0.717) is 36.1 Å². The first-order valence-electron chi connectivity index (χ1n) is 11.7. The molecule has 0 aliphatic heterocycles. The Morgan fingerprint density at radius 3 is 2.62 bits per heavy atom. The molecule has 5 aromatic rings. The summed E-state index contributed by atoms with van der Waals surface area (Å²) in [5.41, 5.74) is 10.4. The van der Waals surface area contributed by atoms with Crippen molar-refractivity contribution in [3.63, 3.8) is 0 Å². The van der Waals surface area contributed by atoms with Gasteiger partial charge in [-0.15, -0.1) is 0 Å². The molecule has 0 unspecified atom stereocenters. The summed E-state index contributed by atoms with van der Waals surface area (Å²) < 4.78 is 30.6. The van der Waals surface area contributed by atoms with E-state index in [-0.39, 0.29) is 0 Å². The van der Waals surface area contributed by atoms with Crippen LogP contribution >= 0.6 is 0 Å². The van der Waals surface area contributed by atoms with Crippen LogP contribution in [0.2, 0.25) is 0 Å². The van der Waals surface area contributed by atoms with Gasteiger partial charge in [0.2, 0.25) is 5.95 Å². The van der Waals surface area contributed by atoms with Crippen LogP contribution < -0.4 is 15.8 Å². The van der Waals surface area contributed by atoms with Crippen LogP contribution in [0.4, 0.5) is 5.82 Å². The predicted molar refractivity (Wildman–Crippen MR) is 148 cm³/mol. The van der Waals surface area contributed by atoms with Crippen molar-refractivity contribution in [2.24, 2.45) is 5.73 Å². The summed E-state index contributed by atoms with van der Waals surface area (Å²) >= 11 is 0. The minimum Gasteiger partial charge on any atom is -0.494 e. The maximum Gasteiger partial charge on any atom is 0.237 e. The van der Waals surface area contributed by atoms with Crippen LogP contribution in [0.1, 0.15) is 16.8 Å². The SMILES string of the molecule is COc1cccc2c(NCc3cccc(C=CS(C)(=O)=O)c3)nc(-n3c(CN)cc4ccccc43)nc12. The number of ether oxygens (including phenoxy) is 1. The summed E-state index contributed by atoms with van der Waals surface area (Å²) in [6, 6.07) is 23.5. The molecular weight excluding hydrogens is 486 g/mol. The molecule has 8 nitrogen and oxygen atoms in total. The molecule has 5 rings (SSSR count). The lowest BCUT2D eigenvalue weighted by molar-refractivity contribution is 0.419. The van der Waals surface area contributed by atoms with Crippen molar-refractivity contribution >= 4 is 43.5 Å². The van der Waals surface area contributed by atoms with E-state index in [4.69, 9.17) is 20.4 Å². The van der Waals surface area contributed by atoms with E-state index in [1.807, 2.05) is 77.4 Å². The number of hydrogen-bond acceptors (Lipinski definition) is 7. The predicted octanol–water partition coefficient (Wildman–Crippen LogP) is 4.67. The molecule has 0 saturated heterocycles. The van der Waals surface area contributed by atoms with Crippen LogP contribution in [0.25, 0.3) is 33.8 Å². The number of rotatable bonds is 8. The normalized spacial score (nSPS) is 12.0. The molecule has 3 N–H and O–H groups in total. The zero-order valence-electron chi connectivity index (χ0n) is 20.5. The van der Waals surface area contributed by atoms with Crippen molar-refractivity contribution in [2.45, 2.75) is 13.1 Å². The third-order valence-corrected chi connectivity index (χ3v) is 6.64. The highest BCUT2D eigenvalue weighted by Crippen LogP contribution is 2.31. The first-order chi connectivity index (χ1) is 17.9. The van der Waals surface area contributed by atoms with Gasteiger partial charge in [-0.1, -0.05) is 42.5 Å². The average molecular weight is 514 g/mol. The Kier molecular flexibility index (Phi) is 6.64. The molecule has 3 aromatic carbocycles. The number of hydrogen-bond donors (Lipinski definition) is 2. The quantitative estimate of drug-likeness (QED) is 0.310. The Balaban J connectivity index is 1.59. The van der Waals surface area contributed by atoms with Crippen molar-refractivity contribution in [1.29, 1.82) is 0 Å². The second kappa shape index (κ2) is 10.0. The highest BCUT2D eigenvalue weighted by atomic mass is 32.2. The van der Waals surface area contributed by atoms with Crippen molar-refractivity contribution in [2.75, 3.05) is 18.7 Å². The third kappa shape index (κ3) is 5.18. The molecule has 2 aromatic heterocycles. The molecule has 0 bridgehead atoms. The van der Waals surface area contributed by atoms with E-state index in [0.717, 1.165) is 33.1 Å². The summed E-state index contributed by atoms with van der Waals surface area (Å²) in [6.07, 6.45) is 2.76. The molecule has 0 aliphatic carbocycles. The lowest BCUT2D eigenvalue weighted by atomic mass is 10.1. The second-order valence-electron chi connectivity index (χ2n) is 8.69. The zero-order chi connectivity index (χ0) is 26.0. The lowest BCUT2D eigenvalue weighted by Crippen LogP contribution is -2.11. The maximum atomic E-state index is 11.5. The average Bonchev–Trinajstić information content (AvgIpc) is 3.28. The van der Waals surface area contributed by atoms with Gasteiger partial charge in [-0.05, 0) is 47.5 Å². The molecule has 37 heavy (non-hydrogen) atoms. The first kappa shape index (κ1) is 24.5. The van der Waals surface area contributed by atoms with Crippen molar-refractivity contribution in [3.05, 3.63) is 95.0 Å². The Morgan fingerprint density at radius 2 is 1.84 bits per heavy atom. The van der Waals surface area contributed by atoms with Crippen molar-refractivity contribution < 1.29 is 13.2 Å². The van der Waals surface area contributed by atoms with E-state index in [9.17, 15) is 8.42 Å². The number of nitrogens with two attached hydrogens (primary N) is 1. The molecule has 0 radical (unpaired) electrons. The van der Waals surface area contributed by atoms with Crippen LogP contribution in [-0.2, 0) is 22.9 Å². The molecule has 0 aliphatic rings. The van der Waals surface area contributed by atoms with Crippen molar-refractivity contribution in [3.8, 4) is 11.7 Å². The largest absolute Gasteiger partial charge is 0.494 e. The Labute approximate surface area is 215 Å². The third-order valence-electron chi connectivity index (χ3n) is 6.01. The molecule has 9 heteroatoms. The fraction of sp³-hybridized carbons (Fsp3) is 0.143. The highest BCUT2D eigenvalue weighted by Gasteiger charge is 2.17. The number of methoxy groups -OCH3 is 1. The summed E-state index contributed by atoms with van der Waals surface area (Å²) in [5, 5.41) is 6.53. The number of benzene rings is 3. The Morgan fingerprint density at radius 1 is 1.03 bits per heavy atom. The Hall–Kier alpha value is -4.21. The molecule has 0 amide bonds. The fourth-order valence-electron chi connectivity index (χ4n) is 4.31. The minimum atomic E-state index is -3.21. The maximum absolute atomic E-state index is 11.5. The standard InChI is InChI=1S/C28H27N5O3S/c1-36-25-12-6-10-23-26(25)31-28(33-22(17-29)16-21-9-3-4-11-24(21)33)32-27(23)30-18-20-8-5-7-19(15-20)13-14-37(2,34)35/h3-16H,17-18,29H2,1-2H3,(H,30,31,32). The van der Waals surface area contributed by atoms with Gasteiger partial charge < -0.3 is 15.8 Å². The Bertz CT molecular complexity index is 1740. The van der Waals surface area contributed by atoms with E-state index >= 15 is 0 Å². The van der Waals surface area contributed by atoms with E-state index in [1.54, 1.807) is 13.2 Å². The summed E-state index contributed by atoms with van der Waals surface area (Å²) in [4.78, 5) is 9.81. The fourth-order valence-corrected chi connectivity index (χ4v) is 4.71. The lowest BCUT2D eigenvalue weighted by Gasteiger charge is -2.15. The highest BCUT2D eigenvalue weighted by molar-refractivity contribution is 7.93. The smallest absolute Gasteiger partial charge is 0.237 e. The van der Waals surface area contributed by atoms with Gasteiger partial charge in [0.25, 0.3) is 0 Å². The number of sulfone groups is 1. The molecular formula is C28H27N5O3S. The zero-order valence-corrected chi connectivity index (χ0v) is 21.4. The topological polar surface area (TPSA) is 112 Å². The number of anilines is 1. The van der Waals surface area contributed by atoms with Gasteiger partial charge in [0.1, 0.15) is 17.1 Å². The van der Waals surface area contributed by atoms with Gasteiger partial charge >= 0.3 is 0 Å². The van der Waals surface area contributed by atoms with E-state index < -0.39 is 9.84 Å². The number of nitrogens with zero attached hydrogens (tertiary/aromatic N) is 3. The number of aromatic nitrogens is 3. The van der Waals surface area contributed by atoms with Gasteiger partial charge in [-0.3, -0.25) is 4.57 Å². The van der Waals surface area contributed by atoms with Crippen molar-refractivity contribution in [1.82, 2.24) is 14.5 Å².